The molecule has 0 radical (unpaired) electrons. The summed E-state index contributed by atoms with van der Waals surface area (Å²) in [5.74, 6) is -0.623. The van der Waals surface area contributed by atoms with Gasteiger partial charge in [0.15, 0.2) is 0 Å². The molecule has 0 bridgehead atoms. The lowest BCUT2D eigenvalue weighted by Crippen LogP contribution is -2.57. The molecule has 1 fully saturated rings. The van der Waals surface area contributed by atoms with Gasteiger partial charge in [-0.25, -0.2) is 0 Å². The predicted molar refractivity (Wildman–Crippen MR) is 103 cm³/mol. The molecule has 2 amide bonds. The van der Waals surface area contributed by atoms with Crippen LogP contribution in [0.1, 0.15) is 40.4 Å². The van der Waals surface area contributed by atoms with E-state index in [4.69, 9.17) is 0 Å². The fraction of sp³-hybridized carbons (Fsp3) is 0.364. The van der Waals surface area contributed by atoms with Crippen LogP contribution in [0.4, 0.5) is 18.9 Å². The van der Waals surface area contributed by atoms with Gasteiger partial charge in [-0.2, -0.15) is 13.2 Å². The van der Waals surface area contributed by atoms with Crippen molar-refractivity contribution in [1.29, 1.82) is 0 Å². The van der Waals surface area contributed by atoms with E-state index < -0.39 is 23.7 Å². The summed E-state index contributed by atoms with van der Waals surface area (Å²) >= 11 is 0. The van der Waals surface area contributed by atoms with Crippen LogP contribution < -0.4 is 4.90 Å². The van der Waals surface area contributed by atoms with E-state index in [0.29, 0.717) is 13.1 Å². The SMILES string of the molecule is C[C@H]1C(=O)N(c2ccc3c(c2)CCC3)CCN1C(=O)c1ccc(C(F)(F)F)cc1. The second-order valence-corrected chi connectivity index (χ2v) is 7.55. The average Bonchev–Trinajstić information content (AvgIpc) is 3.17. The highest BCUT2D eigenvalue weighted by Gasteiger charge is 2.36. The van der Waals surface area contributed by atoms with E-state index in [9.17, 15) is 22.8 Å². The largest absolute Gasteiger partial charge is 0.416 e. The van der Waals surface area contributed by atoms with Crippen molar-refractivity contribution in [3.8, 4) is 0 Å². The number of rotatable bonds is 2. The molecule has 0 saturated carbocycles. The molecule has 2 aromatic rings. The summed E-state index contributed by atoms with van der Waals surface area (Å²) < 4.78 is 38.2. The maximum atomic E-state index is 12.9. The van der Waals surface area contributed by atoms with Crippen molar-refractivity contribution in [3.05, 3.63) is 64.7 Å². The Bertz CT molecular complexity index is 954. The summed E-state index contributed by atoms with van der Waals surface area (Å²) in [7, 11) is 0. The third-order valence-electron chi connectivity index (χ3n) is 5.77. The Labute approximate surface area is 166 Å². The highest BCUT2D eigenvalue weighted by atomic mass is 19.4. The number of halogens is 3. The van der Waals surface area contributed by atoms with E-state index in [1.54, 1.807) is 11.8 Å². The molecule has 1 heterocycles. The zero-order chi connectivity index (χ0) is 20.8. The minimum absolute atomic E-state index is 0.142. The Morgan fingerprint density at radius 3 is 2.38 bits per heavy atom. The van der Waals surface area contributed by atoms with Crippen LogP contribution in [0.2, 0.25) is 0 Å². The quantitative estimate of drug-likeness (QED) is 0.760. The van der Waals surface area contributed by atoms with Gasteiger partial charge in [0, 0.05) is 24.3 Å². The molecule has 4 nitrogen and oxygen atoms in total. The number of piperazine rings is 1. The highest BCUT2D eigenvalue weighted by Crippen LogP contribution is 2.31. The van der Waals surface area contributed by atoms with E-state index >= 15 is 0 Å². The first kappa shape index (κ1) is 19.5. The van der Waals surface area contributed by atoms with Crippen molar-refractivity contribution < 1.29 is 22.8 Å². The maximum Gasteiger partial charge on any atom is 0.416 e. The molecule has 7 heteroatoms. The molecule has 4 rings (SSSR count). The first-order valence-corrected chi connectivity index (χ1v) is 9.67. The van der Waals surface area contributed by atoms with Crippen LogP contribution in [-0.2, 0) is 23.8 Å². The van der Waals surface area contributed by atoms with Crippen LogP contribution >= 0.6 is 0 Å². The topological polar surface area (TPSA) is 40.6 Å². The summed E-state index contributed by atoms with van der Waals surface area (Å²) in [5, 5.41) is 0. The number of hydrogen-bond donors (Lipinski definition) is 0. The smallest absolute Gasteiger partial charge is 0.325 e. The lowest BCUT2D eigenvalue weighted by molar-refractivity contribution is -0.137. The Kier molecular flexibility index (Phi) is 4.84. The highest BCUT2D eigenvalue weighted by molar-refractivity contribution is 6.03. The first-order valence-electron chi connectivity index (χ1n) is 9.67. The van der Waals surface area contributed by atoms with Crippen molar-refractivity contribution in [2.24, 2.45) is 0 Å². The van der Waals surface area contributed by atoms with E-state index in [-0.39, 0.29) is 11.5 Å². The van der Waals surface area contributed by atoms with Gasteiger partial charge >= 0.3 is 6.18 Å². The van der Waals surface area contributed by atoms with Crippen LogP contribution in [0.15, 0.2) is 42.5 Å². The standard InChI is InChI=1S/C22H21F3N2O2/c1-14-20(28)27(19-10-7-15-3-2-4-17(15)13-19)12-11-26(14)21(29)16-5-8-18(9-6-16)22(23,24)25/h5-10,13-14H,2-4,11-12H2,1H3/t14-/m0/s1. The molecule has 1 aliphatic heterocycles. The number of nitrogens with zero attached hydrogens (tertiary/aromatic N) is 2. The number of aryl methyl sites for hydroxylation is 2. The average molecular weight is 402 g/mol. The first-order chi connectivity index (χ1) is 13.8. The summed E-state index contributed by atoms with van der Waals surface area (Å²) in [5.41, 5.74) is 2.77. The minimum Gasteiger partial charge on any atom is -0.325 e. The lowest BCUT2D eigenvalue weighted by atomic mass is 10.1. The number of fused-ring (bicyclic) bond motifs is 1. The molecular formula is C22H21F3N2O2. The van der Waals surface area contributed by atoms with Crippen LogP contribution in [-0.4, -0.2) is 35.8 Å². The molecule has 0 spiro atoms. The molecule has 2 aliphatic rings. The summed E-state index contributed by atoms with van der Waals surface area (Å²) in [6.07, 6.45) is -1.25. The monoisotopic (exact) mass is 402 g/mol. The molecule has 1 saturated heterocycles. The Morgan fingerprint density at radius 2 is 1.69 bits per heavy atom. The number of alkyl halides is 3. The molecular weight excluding hydrogens is 381 g/mol. The molecule has 29 heavy (non-hydrogen) atoms. The van der Waals surface area contributed by atoms with E-state index in [0.717, 1.165) is 49.2 Å². The zero-order valence-corrected chi connectivity index (χ0v) is 16.0. The van der Waals surface area contributed by atoms with Crippen LogP contribution in [0.3, 0.4) is 0 Å². The van der Waals surface area contributed by atoms with Gasteiger partial charge in [0.05, 0.1) is 5.56 Å². The molecule has 0 aromatic heterocycles. The molecule has 1 aliphatic carbocycles. The van der Waals surface area contributed by atoms with Crippen LogP contribution in [0, 0.1) is 0 Å². The maximum absolute atomic E-state index is 12.9. The number of carbonyl (C=O) groups is 2. The molecule has 0 unspecified atom stereocenters. The van der Waals surface area contributed by atoms with Gasteiger partial charge in [-0.15, -0.1) is 0 Å². The third-order valence-corrected chi connectivity index (χ3v) is 5.77. The van der Waals surface area contributed by atoms with Crippen molar-refractivity contribution in [1.82, 2.24) is 4.90 Å². The molecule has 2 aromatic carbocycles. The van der Waals surface area contributed by atoms with Gasteiger partial charge < -0.3 is 9.80 Å². The van der Waals surface area contributed by atoms with Gasteiger partial charge in [-0.3, -0.25) is 9.59 Å². The Hall–Kier alpha value is -2.83. The second-order valence-electron chi connectivity index (χ2n) is 7.55. The number of amides is 2. The summed E-state index contributed by atoms with van der Waals surface area (Å²) in [6, 6.07) is 9.48. The minimum atomic E-state index is -4.45. The van der Waals surface area contributed by atoms with Gasteiger partial charge in [0.25, 0.3) is 5.91 Å². The lowest BCUT2D eigenvalue weighted by Gasteiger charge is -2.39. The Morgan fingerprint density at radius 1 is 1.00 bits per heavy atom. The molecule has 152 valence electrons. The Balaban J connectivity index is 1.50. The number of anilines is 1. The van der Waals surface area contributed by atoms with Crippen molar-refractivity contribution in [3.63, 3.8) is 0 Å². The summed E-state index contributed by atoms with van der Waals surface area (Å²) in [4.78, 5) is 28.8. The van der Waals surface area contributed by atoms with Gasteiger partial charge in [0.1, 0.15) is 6.04 Å². The molecule has 0 N–H and O–H groups in total. The number of hydrogen-bond acceptors (Lipinski definition) is 2. The van der Waals surface area contributed by atoms with Gasteiger partial charge in [-0.1, -0.05) is 6.07 Å². The van der Waals surface area contributed by atoms with Gasteiger partial charge in [-0.05, 0) is 73.7 Å². The van der Waals surface area contributed by atoms with Crippen molar-refractivity contribution >= 4 is 17.5 Å². The van der Waals surface area contributed by atoms with E-state index in [1.807, 2.05) is 6.07 Å². The fourth-order valence-corrected chi connectivity index (χ4v) is 4.10. The van der Waals surface area contributed by atoms with Gasteiger partial charge in [0.2, 0.25) is 5.91 Å². The summed E-state index contributed by atoms with van der Waals surface area (Å²) in [6.45, 7) is 2.34. The third kappa shape index (κ3) is 3.61. The number of carbonyl (C=O) groups excluding carboxylic acids is 2. The predicted octanol–water partition coefficient (Wildman–Crippen LogP) is 4.07. The second kappa shape index (κ2) is 7.21. The van der Waals surface area contributed by atoms with Crippen molar-refractivity contribution in [2.45, 2.75) is 38.4 Å². The van der Waals surface area contributed by atoms with Crippen LogP contribution in [0.25, 0.3) is 0 Å². The fourth-order valence-electron chi connectivity index (χ4n) is 4.10. The number of benzene rings is 2. The zero-order valence-electron chi connectivity index (χ0n) is 16.0. The molecule has 1 atom stereocenters. The normalized spacial score (nSPS) is 19.4. The van der Waals surface area contributed by atoms with E-state index in [2.05, 4.69) is 12.1 Å². The van der Waals surface area contributed by atoms with Crippen LogP contribution in [0.5, 0.6) is 0 Å². The van der Waals surface area contributed by atoms with Crippen molar-refractivity contribution in [2.75, 3.05) is 18.0 Å². The van der Waals surface area contributed by atoms with E-state index in [1.165, 1.54) is 16.0 Å².